The predicted molar refractivity (Wildman–Crippen MR) is 73.2 cm³/mol. The topological polar surface area (TPSA) is 71.1 Å². The highest BCUT2D eigenvalue weighted by Gasteiger charge is 2.30. The molecule has 0 fully saturated rings. The van der Waals surface area contributed by atoms with Crippen molar-refractivity contribution in [3.8, 4) is 0 Å². The summed E-state index contributed by atoms with van der Waals surface area (Å²) in [6, 6.07) is 7.36. The number of carbonyl (C=O) groups excluding carboxylic acids is 2. The van der Waals surface area contributed by atoms with Crippen LogP contribution in [0.25, 0.3) is 0 Å². The standard InChI is InChI=1S/C13H11N3O2S/c17-11-7-9(8-3-1-2-4-10(8)15-11)12(18)16-13-14-5-6-19-13/h1-6,9H,7H2,(H,15,17)(H,14,16,18). The molecule has 2 N–H and O–H groups in total. The van der Waals surface area contributed by atoms with E-state index >= 15 is 0 Å². The lowest BCUT2D eigenvalue weighted by atomic mass is 9.90. The van der Waals surface area contributed by atoms with E-state index in [0.29, 0.717) is 10.8 Å². The number of fused-ring (bicyclic) bond motifs is 1. The van der Waals surface area contributed by atoms with E-state index < -0.39 is 5.92 Å². The Morgan fingerprint density at radius 2 is 2.26 bits per heavy atom. The monoisotopic (exact) mass is 273 g/mol. The van der Waals surface area contributed by atoms with Crippen molar-refractivity contribution in [3.05, 3.63) is 41.4 Å². The maximum atomic E-state index is 12.2. The largest absolute Gasteiger partial charge is 0.326 e. The minimum absolute atomic E-state index is 0.141. The summed E-state index contributed by atoms with van der Waals surface area (Å²) in [4.78, 5) is 27.9. The van der Waals surface area contributed by atoms with Crippen LogP contribution in [0.5, 0.6) is 0 Å². The van der Waals surface area contributed by atoms with Gasteiger partial charge in [0.2, 0.25) is 11.8 Å². The Labute approximate surface area is 113 Å². The fourth-order valence-electron chi connectivity index (χ4n) is 2.12. The Balaban J connectivity index is 1.88. The Morgan fingerprint density at radius 1 is 1.42 bits per heavy atom. The minimum atomic E-state index is -0.464. The van der Waals surface area contributed by atoms with E-state index in [0.717, 1.165) is 5.56 Å². The molecular formula is C13H11N3O2S. The van der Waals surface area contributed by atoms with Crippen LogP contribution < -0.4 is 10.6 Å². The molecule has 3 rings (SSSR count). The Kier molecular flexibility index (Phi) is 3.00. The molecule has 2 amide bonds. The van der Waals surface area contributed by atoms with Gasteiger partial charge >= 0.3 is 0 Å². The van der Waals surface area contributed by atoms with Gasteiger partial charge < -0.3 is 10.6 Å². The van der Waals surface area contributed by atoms with Crippen molar-refractivity contribution in [3.63, 3.8) is 0 Å². The van der Waals surface area contributed by atoms with E-state index in [9.17, 15) is 9.59 Å². The summed E-state index contributed by atoms with van der Waals surface area (Å²) in [7, 11) is 0. The maximum Gasteiger partial charge on any atom is 0.234 e. The van der Waals surface area contributed by atoms with Crippen molar-refractivity contribution in [2.45, 2.75) is 12.3 Å². The summed E-state index contributed by atoms with van der Waals surface area (Å²) in [5, 5.41) is 7.85. The van der Waals surface area contributed by atoms with Crippen molar-refractivity contribution in [2.75, 3.05) is 10.6 Å². The zero-order valence-corrected chi connectivity index (χ0v) is 10.7. The van der Waals surface area contributed by atoms with Crippen LogP contribution in [-0.4, -0.2) is 16.8 Å². The minimum Gasteiger partial charge on any atom is -0.326 e. The summed E-state index contributed by atoms with van der Waals surface area (Å²) in [5.74, 6) is -0.802. The van der Waals surface area contributed by atoms with Crippen LogP contribution in [0, 0.1) is 0 Å². The van der Waals surface area contributed by atoms with Gasteiger partial charge in [-0.1, -0.05) is 18.2 Å². The van der Waals surface area contributed by atoms with E-state index in [-0.39, 0.29) is 18.2 Å². The zero-order valence-electron chi connectivity index (χ0n) is 9.92. The molecule has 6 heteroatoms. The first kappa shape index (κ1) is 11.9. The van der Waals surface area contributed by atoms with Gasteiger partial charge in [0.1, 0.15) is 0 Å². The second-order valence-corrected chi connectivity index (χ2v) is 5.11. The molecular weight excluding hydrogens is 262 g/mol. The number of anilines is 2. The lowest BCUT2D eigenvalue weighted by Crippen LogP contribution is -2.30. The molecule has 1 aliphatic rings. The number of aromatic nitrogens is 1. The first-order valence-corrected chi connectivity index (χ1v) is 6.71. The van der Waals surface area contributed by atoms with Gasteiger partial charge in [-0.05, 0) is 11.6 Å². The number of para-hydroxylation sites is 1. The van der Waals surface area contributed by atoms with Crippen LogP contribution in [0.3, 0.4) is 0 Å². The molecule has 5 nitrogen and oxygen atoms in total. The number of amides is 2. The van der Waals surface area contributed by atoms with Crippen LogP contribution in [-0.2, 0) is 9.59 Å². The molecule has 1 aliphatic heterocycles. The molecule has 1 unspecified atom stereocenters. The van der Waals surface area contributed by atoms with E-state index in [4.69, 9.17) is 0 Å². The zero-order chi connectivity index (χ0) is 13.2. The van der Waals surface area contributed by atoms with E-state index in [1.54, 1.807) is 17.6 Å². The summed E-state index contributed by atoms with van der Waals surface area (Å²) >= 11 is 1.35. The summed E-state index contributed by atoms with van der Waals surface area (Å²) < 4.78 is 0. The number of nitrogens with one attached hydrogen (secondary N) is 2. The fourth-order valence-corrected chi connectivity index (χ4v) is 2.65. The van der Waals surface area contributed by atoms with Crippen LogP contribution in [0.4, 0.5) is 10.8 Å². The lowest BCUT2D eigenvalue weighted by Gasteiger charge is -2.24. The van der Waals surface area contributed by atoms with Crippen molar-refractivity contribution in [2.24, 2.45) is 0 Å². The average molecular weight is 273 g/mol. The number of rotatable bonds is 2. The second kappa shape index (κ2) is 4.81. The van der Waals surface area contributed by atoms with Gasteiger partial charge in [0.05, 0.1) is 5.92 Å². The summed E-state index contributed by atoms with van der Waals surface area (Å²) in [6.07, 6.45) is 1.79. The van der Waals surface area contributed by atoms with Gasteiger partial charge in [-0.3, -0.25) is 9.59 Å². The van der Waals surface area contributed by atoms with Crippen molar-refractivity contribution >= 4 is 34.0 Å². The van der Waals surface area contributed by atoms with Gasteiger partial charge in [-0.2, -0.15) is 0 Å². The number of thiazole rings is 1. The highest BCUT2D eigenvalue weighted by Crippen LogP contribution is 2.32. The molecule has 0 bridgehead atoms. The summed E-state index contributed by atoms with van der Waals surface area (Å²) in [6.45, 7) is 0. The van der Waals surface area contributed by atoms with Gasteiger partial charge in [-0.25, -0.2) is 4.98 Å². The molecule has 0 saturated heterocycles. The molecule has 0 saturated carbocycles. The fraction of sp³-hybridized carbons (Fsp3) is 0.154. The van der Waals surface area contributed by atoms with Gasteiger partial charge in [0, 0.05) is 23.7 Å². The predicted octanol–water partition coefficient (Wildman–Crippen LogP) is 2.21. The smallest absolute Gasteiger partial charge is 0.234 e. The van der Waals surface area contributed by atoms with Crippen molar-refractivity contribution < 1.29 is 9.59 Å². The van der Waals surface area contributed by atoms with Crippen LogP contribution in [0.15, 0.2) is 35.8 Å². The molecule has 1 aromatic carbocycles. The molecule has 2 aromatic rings. The Bertz CT molecular complexity index is 625. The summed E-state index contributed by atoms with van der Waals surface area (Å²) in [5.41, 5.74) is 1.55. The maximum absolute atomic E-state index is 12.2. The number of benzene rings is 1. The number of nitrogens with zero attached hydrogens (tertiary/aromatic N) is 1. The third-order valence-electron chi connectivity index (χ3n) is 2.98. The Hall–Kier alpha value is -2.21. The molecule has 0 aliphatic carbocycles. The van der Waals surface area contributed by atoms with E-state index in [2.05, 4.69) is 15.6 Å². The van der Waals surface area contributed by atoms with E-state index in [1.807, 2.05) is 18.2 Å². The number of hydrogen-bond acceptors (Lipinski definition) is 4. The first-order chi connectivity index (χ1) is 9.24. The Morgan fingerprint density at radius 3 is 3.05 bits per heavy atom. The van der Waals surface area contributed by atoms with Crippen LogP contribution in [0.1, 0.15) is 17.9 Å². The molecule has 0 radical (unpaired) electrons. The second-order valence-electron chi connectivity index (χ2n) is 4.22. The SMILES string of the molecule is O=C1CC(C(=O)Nc2nccs2)c2ccccc2N1. The first-order valence-electron chi connectivity index (χ1n) is 5.83. The molecule has 0 spiro atoms. The van der Waals surface area contributed by atoms with Gasteiger partial charge in [-0.15, -0.1) is 11.3 Å². The van der Waals surface area contributed by atoms with Crippen LogP contribution in [0.2, 0.25) is 0 Å². The molecule has 19 heavy (non-hydrogen) atoms. The van der Waals surface area contributed by atoms with Crippen LogP contribution >= 0.6 is 11.3 Å². The lowest BCUT2D eigenvalue weighted by molar-refractivity contribution is -0.123. The highest BCUT2D eigenvalue weighted by molar-refractivity contribution is 7.13. The van der Waals surface area contributed by atoms with E-state index in [1.165, 1.54) is 11.3 Å². The highest BCUT2D eigenvalue weighted by atomic mass is 32.1. The molecule has 1 atom stereocenters. The quantitative estimate of drug-likeness (QED) is 0.881. The normalized spacial score (nSPS) is 17.5. The van der Waals surface area contributed by atoms with Gasteiger partial charge in [0.25, 0.3) is 0 Å². The molecule has 1 aromatic heterocycles. The molecule has 96 valence electrons. The third kappa shape index (κ3) is 2.34. The molecule has 2 heterocycles. The average Bonchev–Trinajstić information content (AvgIpc) is 2.90. The third-order valence-corrected chi connectivity index (χ3v) is 3.67. The van der Waals surface area contributed by atoms with Gasteiger partial charge in [0.15, 0.2) is 5.13 Å². The number of hydrogen-bond donors (Lipinski definition) is 2. The van der Waals surface area contributed by atoms with Crippen molar-refractivity contribution in [1.29, 1.82) is 0 Å². The van der Waals surface area contributed by atoms with Crippen molar-refractivity contribution in [1.82, 2.24) is 4.98 Å². The number of carbonyl (C=O) groups is 2.